The SMILES string of the molecule is CC1CCCCC1N.c1c[nH]cn1. The van der Waals surface area contributed by atoms with Crippen molar-refractivity contribution in [3.8, 4) is 0 Å². The number of imidazole rings is 1. The zero-order valence-electron chi connectivity index (χ0n) is 8.24. The van der Waals surface area contributed by atoms with Gasteiger partial charge in [0.1, 0.15) is 0 Å². The van der Waals surface area contributed by atoms with E-state index < -0.39 is 0 Å². The number of hydrogen-bond donors (Lipinski definition) is 2. The van der Waals surface area contributed by atoms with Crippen molar-refractivity contribution in [1.29, 1.82) is 0 Å². The lowest BCUT2D eigenvalue weighted by atomic mass is 9.87. The summed E-state index contributed by atoms with van der Waals surface area (Å²) in [4.78, 5) is 6.42. The molecule has 3 nitrogen and oxygen atoms in total. The summed E-state index contributed by atoms with van der Waals surface area (Å²) < 4.78 is 0. The van der Waals surface area contributed by atoms with Gasteiger partial charge in [-0.1, -0.05) is 19.8 Å². The summed E-state index contributed by atoms with van der Waals surface area (Å²) in [6.07, 6.45) is 10.4. The topological polar surface area (TPSA) is 54.7 Å². The first-order chi connectivity index (χ1) is 6.30. The highest BCUT2D eigenvalue weighted by Crippen LogP contribution is 2.21. The Bertz CT molecular complexity index is 169. The molecule has 1 aliphatic carbocycles. The second kappa shape index (κ2) is 5.75. The van der Waals surface area contributed by atoms with Gasteiger partial charge >= 0.3 is 0 Å². The van der Waals surface area contributed by atoms with Gasteiger partial charge in [0.15, 0.2) is 0 Å². The first-order valence-corrected chi connectivity index (χ1v) is 4.99. The highest BCUT2D eigenvalue weighted by Gasteiger charge is 2.15. The quantitative estimate of drug-likeness (QED) is 0.642. The predicted molar refractivity (Wildman–Crippen MR) is 54.2 cm³/mol. The van der Waals surface area contributed by atoms with Gasteiger partial charge < -0.3 is 10.7 Å². The van der Waals surface area contributed by atoms with Gasteiger partial charge in [0.25, 0.3) is 0 Å². The molecule has 3 N–H and O–H groups in total. The predicted octanol–water partition coefficient (Wildman–Crippen LogP) is 1.93. The molecule has 3 heteroatoms. The van der Waals surface area contributed by atoms with E-state index in [0.717, 1.165) is 5.92 Å². The van der Waals surface area contributed by atoms with Crippen LogP contribution in [-0.4, -0.2) is 16.0 Å². The molecule has 1 aromatic heterocycles. The Morgan fingerprint density at radius 2 is 2.15 bits per heavy atom. The van der Waals surface area contributed by atoms with E-state index in [0.29, 0.717) is 6.04 Å². The normalized spacial score (nSPS) is 27.5. The molecule has 1 aromatic rings. The maximum atomic E-state index is 5.78. The number of aromatic nitrogens is 2. The number of rotatable bonds is 0. The number of H-pyrrole nitrogens is 1. The Labute approximate surface area is 79.8 Å². The molecule has 0 aliphatic heterocycles. The van der Waals surface area contributed by atoms with Crippen LogP contribution < -0.4 is 5.73 Å². The maximum absolute atomic E-state index is 5.78. The zero-order chi connectivity index (χ0) is 9.52. The summed E-state index contributed by atoms with van der Waals surface area (Å²) in [6.45, 7) is 2.25. The van der Waals surface area contributed by atoms with Crippen LogP contribution in [0.3, 0.4) is 0 Å². The summed E-state index contributed by atoms with van der Waals surface area (Å²) >= 11 is 0. The van der Waals surface area contributed by atoms with Crippen molar-refractivity contribution in [2.24, 2.45) is 11.7 Å². The van der Waals surface area contributed by atoms with Crippen molar-refractivity contribution in [3.63, 3.8) is 0 Å². The van der Waals surface area contributed by atoms with Crippen LogP contribution in [0.2, 0.25) is 0 Å². The van der Waals surface area contributed by atoms with Gasteiger partial charge in [-0.2, -0.15) is 0 Å². The van der Waals surface area contributed by atoms with Crippen LogP contribution in [-0.2, 0) is 0 Å². The Balaban J connectivity index is 0.000000145. The molecule has 1 aliphatic rings. The zero-order valence-corrected chi connectivity index (χ0v) is 8.24. The van der Waals surface area contributed by atoms with Crippen molar-refractivity contribution in [2.45, 2.75) is 38.6 Å². The third kappa shape index (κ3) is 4.08. The minimum absolute atomic E-state index is 0.503. The van der Waals surface area contributed by atoms with Gasteiger partial charge in [0, 0.05) is 18.4 Å². The maximum Gasteiger partial charge on any atom is 0.0919 e. The van der Waals surface area contributed by atoms with Gasteiger partial charge in [0.2, 0.25) is 0 Å². The van der Waals surface area contributed by atoms with Crippen LogP contribution >= 0.6 is 0 Å². The van der Waals surface area contributed by atoms with E-state index in [2.05, 4.69) is 16.9 Å². The molecule has 0 spiro atoms. The minimum Gasteiger partial charge on any atom is -0.351 e. The van der Waals surface area contributed by atoms with Crippen molar-refractivity contribution >= 4 is 0 Å². The fourth-order valence-corrected chi connectivity index (χ4v) is 1.56. The number of hydrogen-bond acceptors (Lipinski definition) is 2. The summed E-state index contributed by atoms with van der Waals surface area (Å²) in [5.41, 5.74) is 5.78. The molecule has 0 radical (unpaired) electrons. The molecule has 74 valence electrons. The fraction of sp³-hybridized carbons (Fsp3) is 0.700. The molecule has 0 saturated heterocycles. The summed E-state index contributed by atoms with van der Waals surface area (Å²) in [5.74, 6) is 0.781. The monoisotopic (exact) mass is 181 g/mol. The molecule has 0 aromatic carbocycles. The van der Waals surface area contributed by atoms with E-state index in [1.807, 2.05) is 0 Å². The van der Waals surface area contributed by atoms with Crippen molar-refractivity contribution in [2.75, 3.05) is 0 Å². The highest BCUT2D eigenvalue weighted by molar-refractivity contribution is 4.73. The molecule has 1 fully saturated rings. The van der Waals surface area contributed by atoms with E-state index >= 15 is 0 Å². The first-order valence-electron chi connectivity index (χ1n) is 4.99. The average molecular weight is 181 g/mol. The molecule has 13 heavy (non-hydrogen) atoms. The van der Waals surface area contributed by atoms with Crippen LogP contribution in [0, 0.1) is 5.92 Å². The Morgan fingerprint density at radius 1 is 1.38 bits per heavy atom. The van der Waals surface area contributed by atoms with E-state index in [1.165, 1.54) is 25.7 Å². The molecular formula is C10H19N3. The van der Waals surface area contributed by atoms with Gasteiger partial charge in [-0.3, -0.25) is 0 Å². The molecule has 2 atom stereocenters. The van der Waals surface area contributed by atoms with Crippen LogP contribution in [0.1, 0.15) is 32.6 Å². The van der Waals surface area contributed by atoms with E-state index in [1.54, 1.807) is 18.7 Å². The van der Waals surface area contributed by atoms with E-state index in [-0.39, 0.29) is 0 Å². The third-order valence-electron chi connectivity index (χ3n) is 2.58. The molecule has 1 saturated carbocycles. The van der Waals surface area contributed by atoms with Crippen molar-refractivity contribution in [1.82, 2.24) is 9.97 Å². The lowest BCUT2D eigenvalue weighted by molar-refractivity contribution is 0.331. The van der Waals surface area contributed by atoms with Crippen LogP contribution in [0.25, 0.3) is 0 Å². The van der Waals surface area contributed by atoms with Gasteiger partial charge in [-0.05, 0) is 18.8 Å². The number of nitrogens with two attached hydrogens (primary N) is 1. The number of nitrogens with zero attached hydrogens (tertiary/aromatic N) is 1. The summed E-state index contributed by atoms with van der Waals surface area (Å²) in [7, 11) is 0. The Hall–Kier alpha value is -0.830. The molecule has 2 unspecified atom stereocenters. The highest BCUT2D eigenvalue weighted by atomic mass is 14.8. The van der Waals surface area contributed by atoms with Crippen molar-refractivity contribution < 1.29 is 0 Å². The number of aromatic amines is 1. The van der Waals surface area contributed by atoms with Gasteiger partial charge in [0.05, 0.1) is 6.33 Å². The Kier molecular flexibility index (Phi) is 4.54. The van der Waals surface area contributed by atoms with Crippen LogP contribution in [0.15, 0.2) is 18.7 Å². The largest absolute Gasteiger partial charge is 0.351 e. The average Bonchev–Trinajstić information content (AvgIpc) is 2.68. The van der Waals surface area contributed by atoms with E-state index in [4.69, 9.17) is 5.73 Å². The second-order valence-corrected chi connectivity index (χ2v) is 3.69. The Morgan fingerprint density at radius 3 is 2.46 bits per heavy atom. The molecular weight excluding hydrogens is 162 g/mol. The molecule has 0 bridgehead atoms. The van der Waals surface area contributed by atoms with Crippen LogP contribution in [0.5, 0.6) is 0 Å². The number of nitrogens with one attached hydrogen (secondary N) is 1. The lowest BCUT2D eigenvalue weighted by Gasteiger charge is -2.24. The first kappa shape index (κ1) is 10.3. The van der Waals surface area contributed by atoms with Crippen LogP contribution in [0.4, 0.5) is 0 Å². The molecule has 1 heterocycles. The van der Waals surface area contributed by atoms with Gasteiger partial charge in [-0.15, -0.1) is 0 Å². The van der Waals surface area contributed by atoms with E-state index in [9.17, 15) is 0 Å². The summed E-state index contributed by atoms with van der Waals surface area (Å²) in [5, 5.41) is 0. The standard InChI is InChI=1S/C7H15N.C3H4N2/c1-6-4-2-3-5-7(6)8;1-2-5-3-4-1/h6-7H,2-5,8H2,1H3;1-3H,(H,4,5). The van der Waals surface area contributed by atoms with Gasteiger partial charge in [-0.25, -0.2) is 4.98 Å². The smallest absolute Gasteiger partial charge is 0.0919 e. The van der Waals surface area contributed by atoms with Crippen molar-refractivity contribution in [3.05, 3.63) is 18.7 Å². The third-order valence-corrected chi connectivity index (χ3v) is 2.58. The summed E-state index contributed by atoms with van der Waals surface area (Å²) in [6, 6.07) is 0.503. The lowest BCUT2D eigenvalue weighted by Crippen LogP contribution is -2.30. The second-order valence-electron chi connectivity index (χ2n) is 3.69. The fourth-order valence-electron chi connectivity index (χ4n) is 1.56. The minimum atomic E-state index is 0.503. The molecule has 0 amide bonds. The molecule has 2 rings (SSSR count).